The van der Waals surface area contributed by atoms with E-state index in [2.05, 4.69) is 15.3 Å². The molecule has 0 spiro atoms. The minimum absolute atomic E-state index is 0.00573. The van der Waals surface area contributed by atoms with E-state index in [4.69, 9.17) is 4.74 Å². The number of rotatable bonds is 9. The van der Waals surface area contributed by atoms with Gasteiger partial charge < -0.3 is 20.3 Å². The molecule has 6 nitrogen and oxygen atoms in total. The molecule has 1 aliphatic rings. The Hall–Kier alpha value is -2.87. The lowest BCUT2D eigenvalue weighted by atomic mass is 9.88. The van der Waals surface area contributed by atoms with Gasteiger partial charge in [-0.15, -0.1) is 0 Å². The summed E-state index contributed by atoms with van der Waals surface area (Å²) in [5.74, 6) is 0.846. The number of aromatic nitrogens is 2. The Kier molecular flexibility index (Phi) is 7.42. The number of para-hydroxylation sites is 1. The van der Waals surface area contributed by atoms with Crippen molar-refractivity contribution in [3.8, 4) is 5.75 Å². The number of aliphatic hydroxyl groups excluding tert-OH is 2. The molecule has 1 fully saturated rings. The van der Waals surface area contributed by atoms with Crippen molar-refractivity contribution in [2.24, 2.45) is 11.8 Å². The minimum Gasteiger partial charge on any atom is -0.486 e. The van der Waals surface area contributed by atoms with Gasteiger partial charge in [0.05, 0.1) is 6.10 Å². The molecule has 2 aromatic carbocycles. The third-order valence-corrected chi connectivity index (χ3v) is 6.07. The second kappa shape index (κ2) is 10.6. The van der Waals surface area contributed by atoms with Crippen molar-refractivity contribution in [2.45, 2.75) is 38.1 Å². The van der Waals surface area contributed by atoms with Gasteiger partial charge in [-0.05, 0) is 54.7 Å². The lowest BCUT2D eigenvalue weighted by molar-refractivity contribution is 0.0715. The number of hydrogen-bond donors (Lipinski definition) is 3. The summed E-state index contributed by atoms with van der Waals surface area (Å²) in [6.07, 6.45) is 2.28. The predicted molar refractivity (Wildman–Crippen MR) is 118 cm³/mol. The molecule has 0 aliphatic heterocycles. The smallest absolute Gasteiger partial charge is 0.166 e. The highest BCUT2D eigenvalue weighted by Gasteiger charge is 2.42. The average molecular weight is 438 g/mol. The SMILES string of the molecule is OCC1C(O)CC(NCc2ccc(F)cc2)C1Cc1ccnc(COc2ccccc2)n1. The van der Waals surface area contributed by atoms with E-state index in [-0.39, 0.29) is 36.9 Å². The Bertz CT molecular complexity index is 987. The number of aliphatic hydroxyl groups is 2. The van der Waals surface area contributed by atoms with Crippen LogP contribution in [0.25, 0.3) is 0 Å². The van der Waals surface area contributed by atoms with E-state index in [9.17, 15) is 14.6 Å². The molecule has 3 aromatic rings. The van der Waals surface area contributed by atoms with Crippen LogP contribution < -0.4 is 10.1 Å². The molecule has 3 N–H and O–H groups in total. The van der Waals surface area contributed by atoms with Crippen LogP contribution in [-0.4, -0.2) is 38.9 Å². The van der Waals surface area contributed by atoms with Crippen molar-refractivity contribution < 1.29 is 19.3 Å². The van der Waals surface area contributed by atoms with E-state index >= 15 is 0 Å². The largest absolute Gasteiger partial charge is 0.486 e. The Morgan fingerprint density at radius 2 is 1.81 bits per heavy atom. The van der Waals surface area contributed by atoms with E-state index in [0.29, 0.717) is 25.2 Å². The topological polar surface area (TPSA) is 87.5 Å². The fourth-order valence-electron chi connectivity index (χ4n) is 4.36. The highest BCUT2D eigenvalue weighted by molar-refractivity contribution is 5.21. The molecule has 0 bridgehead atoms. The quantitative estimate of drug-likeness (QED) is 0.477. The molecule has 32 heavy (non-hydrogen) atoms. The van der Waals surface area contributed by atoms with Crippen molar-refractivity contribution in [3.63, 3.8) is 0 Å². The van der Waals surface area contributed by atoms with Crippen molar-refractivity contribution in [2.75, 3.05) is 6.61 Å². The second-order valence-corrected chi connectivity index (χ2v) is 8.20. The van der Waals surface area contributed by atoms with Crippen LogP contribution in [0.2, 0.25) is 0 Å². The third-order valence-electron chi connectivity index (χ3n) is 6.07. The van der Waals surface area contributed by atoms with Gasteiger partial charge in [0.1, 0.15) is 18.2 Å². The van der Waals surface area contributed by atoms with Crippen LogP contribution in [0.15, 0.2) is 66.9 Å². The predicted octanol–water partition coefficient (Wildman–Crippen LogP) is 2.88. The molecular weight excluding hydrogens is 409 g/mol. The molecule has 4 unspecified atom stereocenters. The number of ether oxygens (including phenoxy) is 1. The Morgan fingerprint density at radius 3 is 2.56 bits per heavy atom. The Balaban J connectivity index is 1.41. The molecule has 4 rings (SSSR count). The van der Waals surface area contributed by atoms with Crippen molar-refractivity contribution in [1.29, 1.82) is 0 Å². The molecule has 168 valence electrons. The van der Waals surface area contributed by atoms with Gasteiger partial charge in [0, 0.05) is 37.0 Å². The molecule has 1 aliphatic carbocycles. The summed E-state index contributed by atoms with van der Waals surface area (Å²) in [6, 6.07) is 17.7. The van der Waals surface area contributed by atoms with Gasteiger partial charge in [-0.25, -0.2) is 14.4 Å². The molecular formula is C25H28FN3O3. The van der Waals surface area contributed by atoms with Gasteiger partial charge >= 0.3 is 0 Å². The maximum absolute atomic E-state index is 13.2. The number of nitrogens with zero attached hydrogens (tertiary/aromatic N) is 2. The summed E-state index contributed by atoms with van der Waals surface area (Å²) in [4.78, 5) is 8.94. The van der Waals surface area contributed by atoms with Crippen LogP contribution in [0.3, 0.4) is 0 Å². The lowest BCUT2D eigenvalue weighted by Crippen LogP contribution is -2.36. The Morgan fingerprint density at radius 1 is 1.03 bits per heavy atom. The zero-order chi connectivity index (χ0) is 22.3. The van der Waals surface area contributed by atoms with Crippen LogP contribution in [0, 0.1) is 17.7 Å². The lowest BCUT2D eigenvalue weighted by Gasteiger charge is -2.25. The normalized spacial score (nSPS) is 22.7. The molecule has 4 atom stereocenters. The van der Waals surface area contributed by atoms with E-state index < -0.39 is 6.10 Å². The third kappa shape index (κ3) is 5.68. The maximum Gasteiger partial charge on any atom is 0.166 e. The molecule has 1 saturated carbocycles. The average Bonchev–Trinajstić information content (AvgIpc) is 3.12. The Labute approximate surface area is 187 Å². The van der Waals surface area contributed by atoms with E-state index in [1.807, 2.05) is 36.4 Å². The van der Waals surface area contributed by atoms with Gasteiger partial charge in [0.15, 0.2) is 5.82 Å². The number of hydrogen-bond acceptors (Lipinski definition) is 6. The molecule has 1 aromatic heterocycles. The molecule has 0 amide bonds. The zero-order valence-electron chi connectivity index (χ0n) is 17.8. The first-order valence-corrected chi connectivity index (χ1v) is 10.9. The number of halogens is 1. The van der Waals surface area contributed by atoms with Gasteiger partial charge in [0.2, 0.25) is 0 Å². The summed E-state index contributed by atoms with van der Waals surface area (Å²) in [6.45, 7) is 0.739. The van der Waals surface area contributed by atoms with Crippen LogP contribution in [0.5, 0.6) is 5.75 Å². The fraction of sp³-hybridized carbons (Fsp3) is 0.360. The summed E-state index contributed by atoms with van der Waals surface area (Å²) in [5.41, 5.74) is 1.81. The number of benzene rings is 2. The first-order chi connectivity index (χ1) is 15.6. The first kappa shape index (κ1) is 22.3. The van der Waals surface area contributed by atoms with Gasteiger partial charge in [0.25, 0.3) is 0 Å². The summed E-state index contributed by atoms with van der Waals surface area (Å²) < 4.78 is 18.9. The van der Waals surface area contributed by atoms with Crippen LogP contribution in [0.4, 0.5) is 4.39 Å². The molecule has 7 heteroatoms. The highest BCUT2D eigenvalue weighted by atomic mass is 19.1. The van der Waals surface area contributed by atoms with Gasteiger partial charge in [-0.3, -0.25) is 0 Å². The van der Waals surface area contributed by atoms with Gasteiger partial charge in [-0.1, -0.05) is 30.3 Å². The van der Waals surface area contributed by atoms with E-state index in [0.717, 1.165) is 17.0 Å². The molecule has 0 radical (unpaired) electrons. The van der Waals surface area contributed by atoms with Crippen molar-refractivity contribution in [1.82, 2.24) is 15.3 Å². The summed E-state index contributed by atoms with van der Waals surface area (Å²) in [5, 5.41) is 23.9. The van der Waals surface area contributed by atoms with Crippen molar-refractivity contribution >= 4 is 0 Å². The van der Waals surface area contributed by atoms with Gasteiger partial charge in [-0.2, -0.15) is 0 Å². The zero-order valence-corrected chi connectivity index (χ0v) is 17.8. The van der Waals surface area contributed by atoms with Crippen LogP contribution >= 0.6 is 0 Å². The maximum atomic E-state index is 13.2. The fourth-order valence-corrected chi connectivity index (χ4v) is 4.36. The van der Waals surface area contributed by atoms with E-state index in [1.54, 1.807) is 18.3 Å². The first-order valence-electron chi connectivity index (χ1n) is 10.9. The molecule has 0 saturated heterocycles. The summed E-state index contributed by atoms with van der Waals surface area (Å²) in [7, 11) is 0. The monoisotopic (exact) mass is 437 g/mol. The number of nitrogens with one attached hydrogen (secondary N) is 1. The van der Waals surface area contributed by atoms with E-state index in [1.165, 1.54) is 12.1 Å². The van der Waals surface area contributed by atoms with Crippen LogP contribution in [0.1, 0.15) is 23.5 Å². The highest BCUT2D eigenvalue weighted by Crippen LogP contribution is 2.35. The standard InChI is InChI=1S/C25H28FN3O3/c26-18-8-6-17(7-9-18)14-28-23-13-24(31)22(15-30)21(23)12-19-10-11-27-25(29-19)16-32-20-4-2-1-3-5-20/h1-11,21-24,28,30-31H,12-16H2. The molecule has 1 heterocycles. The second-order valence-electron chi connectivity index (χ2n) is 8.20. The minimum atomic E-state index is -0.585. The summed E-state index contributed by atoms with van der Waals surface area (Å²) >= 11 is 0. The van der Waals surface area contributed by atoms with Crippen LogP contribution in [-0.2, 0) is 19.6 Å². The van der Waals surface area contributed by atoms with Crippen molar-refractivity contribution in [3.05, 3.63) is 89.8 Å².